The molecule has 2 aromatic rings. The predicted molar refractivity (Wildman–Crippen MR) is 57.0 cm³/mol. The van der Waals surface area contributed by atoms with E-state index in [0.29, 0.717) is 23.8 Å². The standard InChI is InChI=1S/C9H15N5O/c1-4-15-9-6(10)8-11-7(5(2)3)12-14(8)13-9/h5,13H,4,10H2,1-3H3. The molecule has 0 atom stereocenters. The molecule has 0 fully saturated rings. The van der Waals surface area contributed by atoms with Crippen molar-refractivity contribution in [2.24, 2.45) is 0 Å². The van der Waals surface area contributed by atoms with Crippen molar-refractivity contribution in [1.29, 1.82) is 0 Å². The second kappa shape index (κ2) is 3.45. The number of fused-ring (bicyclic) bond motifs is 1. The number of rotatable bonds is 3. The Labute approximate surface area is 87.4 Å². The monoisotopic (exact) mass is 209 g/mol. The summed E-state index contributed by atoms with van der Waals surface area (Å²) in [6.07, 6.45) is 0. The topological polar surface area (TPSA) is 81.2 Å². The van der Waals surface area contributed by atoms with Crippen LogP contribution in [-0.2, 0) is 0 Å². The predicted octanol–water partition coefficient (Wildman–Crippen LogP) is 1.16. The molecule has 0 bridgehead atoms. The molecule has 15 heavy (non-hydrogen) atoms. The minimum atomic E-state index is 0.285. The number of nitrogen functional groups attached to an aromatic ring is 1. The number of aromatic nitrogens is 4. The molecular weight excluding hydrogens is 194 g/mol. The van der Waals surface area contributed by atoms with Crippen LogP contribution in [0.1, 0.15) is 32.5 Å². The lowest BCUT2D eigenvalue weighted by molar-refractivity contribution is 0.325. The molecule has 0 aliphatic rings. The van der Waals surface area contributed by atoms with Crippen LogP contribution in [-0.4, -0.2) is 26.4 Å². The summed E-state index contributed by atoms with van der Waals surface area (Å²) in [6.45, 7) is 6.53. The van der Waals surface area contributed by atoms with Crippen molar-refractivity contribution < 1.29 is 4.74 Å². The van der Waals surface area contributed by atoms with E-state index >= 15 is 0 Å². The Morgan fingerprint density at radius 1 is 1.53 bits per heavy atom. The molecule has 0 saturated heterocycles. The van der Waals surface area contributed by atoms with Crippen LogP contribution in [0, 0.1) is 0 Å². The lowest BCUT2D eigenvalue weighted by Crippen LogP contribution is -1.97. The van der Waals surface area contributed by atoms with Crippen molar-refractivity contribution in [3.63, 3.8) is 0 Å². The van der Waals surface area contributed by atoms with Gasteiger partial charge in [-0.1, -0.05) is 13.8 Å². The molecule has 0 amide bonds. The van der Waals surface area contributed by atoms with Gasteiger partial charge in [-0.25, -0.2) is 10.1 Å². The van der Waals surface area contributed by atoms with E-state index < -0.39 is 0 Å². The van der Waals surface area contributed by atoms with Gasteiger partial charge in [0.15, 0.2) is 5.82 Å². The lowest BCUT2D eigenvalue weighted by atomic mass is 10.2. The summed E-state index contributed by atoms with van der Waals surface area (Å²) in [7, 11) is 0. The average molecular weight is 209 g/mol. The summed E-state index contributed by atoms with van der Waals surface area (Å²) < 4.78 is 6.85. The van der Waals surface area contributed by atoms with E-state index in [-0.39, 0.29) is 5.92 Å². The van der Waals surface area contributed by atoms with Crippen LogP contribution >= 0.6 is 0 Å². The minimum absolute atomic E-state index is 0.285. The molecule has 0 aliphatic carbocycles. The zero-order valence-electron chi connectivity index (χ0n) is 9.11. The zero-order valence-corrected chi connectivity index (χ0v) is 9.11. The molecule has 2 aromatic heterocycles. The van der Waals surface area contributed by atoms with Gasteiger partial charge in [0.2, 0.25) is 11.5 Å². The molecule has 0 aromatic carbocycles. The highest BCUT2D eigenvalue weighted by Crippen LogP contribution is 2.24. The number of anilines is 1. The summed E-state index contributed by atoms with van der Waals surface area (Å²) in [5, 5.41) is 7.20. The molecular formula is C9H15N5O. The molecule has 0 saturated carbocycles. The maximum atomic E-state index is 5.86. The van der Waals surface area contributed by atoms with Gasteiger partial charge in [-0.3, -0.25) is 0 Å². The molecule has 82 valence electrons. The van der Waals surface area contributed by atoms with E-state index in [4.69, 9.17) is 10.5 Å². The first kappa shape index (κ1) is 9.82. The number of hydrogen-bond acceptors (Lipinski definition) is 4. The minimum Gasteiger partial charge on any atom is -0.477 e. The molecule has 0 unspecified atom stereocenters. The van der Waals surface area contributed by atoms with E-state index in [1.807, 2.05) is 20.8 Å². The van der Waals surface area contributed by atoms with Gasteiger partial charge in [0, 0.05) is 5.92 Å². The van der Waals surface area contributed by atoms with Crippen molar-refractivity contribution in [3.05, 3.63) is 5.82 Å². The number of nitrogens with zero attached hydrogens (tertiary/aromatic N) is 3. The Morgan fingerprint density at radius 2 is 2.27 bits per heavy atom. The maximum Gasteiger partial charge on any atom is 0.235 e. The second-order valence-electron chi connectivity index (χ2n) is 3.65. The lowest BCUT2D eigenvalue weighted by Gasteiger charge is -1.99. The van der Waals surface area contributed by atoms with Crippen LogP contribution in [0.25, 0.3) is 5.65 Å². The van der Waals surface area contributed by atoms with Crippen LogP contribution in [0.3, 0.4) is 0 Å². The highest BCUT2D eigenvalue weighted by atomic mass is 16.5. The molecule has 2 rings (SSSR count). The summed E-state index contributed by atoms with van der Waals surface area (Å²) in [5.41, 5.74) is 7.00. The van der Waals surface area contributed by atoms with Crippen LogP contribution in [0.5, 0.6) is 5.88 Å². The summed E-state index contributed by atoms with van der Waals surface area (Å²) in [6, 6.07) is 0. The van der Waals surface area contributed by atoms with Crippen molar-refractivity contribution in [2.45, 2.75) is 26.7 Å². The van der Waals surface area contributed by atoms with Crippen LogP contribution in [0.4, 0.5) is 5.69 Å². The SMILES string of the molecule is CCOc1[nH]n2nc(C(C)C)nc2c1N. The van der Waals surface area contributed by atoms with E-state index in [9.17, 15) is 0 Å². The first-order valence-corrected chi connectivity index (χ1v) is 5.00. The van der Waals surface area contributed by atoms with E-state index in [1.165, 1.54) is 0 Å². The van der Waals surface area contributed by atoms with Crippen LogP contribution in [0.15, 0.2) is 0 Å². The van der Waals surface area contributed by atoms with Gasteiger partial charge in [0.25, 0.3) is 0 Å². The Balaban J connectivity index is 2.48. The Kier molecular flexibility index (Phi) is 2.26. The van der Waals surface area contributed by atoms with Crippen molar-refractivity contribution in [2.75, 3.05) is 12.3 Å². The number of H-pyrrole nitrogens is 1. The summed E-state index contributed by atoms with van der Waals surface area (Å²) in [5.74, 6) is 1.59. The normalized spacial score (nSPS) is 11.5. The number of aromatic amines is 1. The molecule has 6 heteroatoms. The molecule has 2 heterocycles. The van der Waals surface area contributed by atoms with Gasteiger partial charge in [-0.2, -0.15) is 0 Å². The third-order valence-corrected chi connectivity index (χ3v) is 2.12. The second-order valence-corrected chi connectivity index (χ2v) is 3.65. The number of hydrogen-bond donors (Lipinski definition) is 2. The number of nitrogens with two attached hydrogens (primary N) is 1. The fourth-order valence-corrected chi connectivity index (χ4v) is 1.34. The Bertz CT molecular complexity index is 470. The van der Waals surface area contributed by atoms with Crippen LogP contribution in [0.2, 0.25) is 0 Å². The van der Waals surface area contributed by atoms with Gasteiger partial charge in [0.05, 0.1) is 6.61 Å². The maximum absolute atomic E-state index is 5.86. The third kappa shape index (κ3) is 1.51. The van der Waals surface area contributed by atoms with Gasteiger partial charge in [-0.15, -0.1) is 9.73 Å². The van der Waals surface area contributed by atoms with Gasteiger partial charge < -0.3 is 10.5 Å². The molecule has 0 aliphatic heterocycles. The van der Waals surface area contributed by atoms with Crippen molar-refractivity contribution in [3.8, 4) is 5.88 Å². The van der Waals surface area contributed by atoms with E-state index in [0.717, 1.165) is 5.82 Å². The van der Waals surface area contributed by atoms with E-state index in [2.05, 4.69) is 15.2 Å². The smallest absolute Gasteiger partial charge is 0.235 e. The summed E-state index contributed by atoms with van der Waals surface area (Å²) >= 11 is 0. The van der Waals surface area contributed by atoms with Gasteiger partial charge in [-0.05, 0) is 6.92 Å². The molecule has 0 spiro atoms. The molecule has 6 nitrogen and oxygen atoms in total. The first-order valence-electron chi connectivity index (χ1n) is 5.00. The number of ether oxygens (including phenoxy) is 1. The average Bonchev–Trinajstić information content (AvgIpc) is 2.69. The Morgan fingerprint density at radius 3 is 2.80 bits per heavy atom. The summed E-state index contributed by atoms with van der Waals surface area (Å²) in [4.78, 5) is 4.33. The highest BCUT2D eigenvalue weighted by Gasteiger charge is 2.15. The fourth-order valence-electron chi connectivity index (χ4n) is 1.34. The first-order chi connectivity index (χ1) is 7.13. The van der Waals surface area contributed by atoms with Crippen LogP contribution < -0.4 is 10.5 Å². The quantitative estimate of drug-likeness (QED) is 0.794. The van der Waals surface area contributed by atoms with E-state index in [1.54, 1.807) is 4.63 Å². The highest BCUT2D eigenvalue weighted by molar-refractivity contribution is 5.70. The molecule has 3 N–H and O–H groups in total. The number of nitrogens with one attached hydrogen (secondary N) is 1. The fraction of sp³-hybridized carbons (Fsp3) is 0.556. The largest absolute Gasteiger partial charge is 0.477 e. The third-order valence-electron chi connectivity index (χ3n) is 2.12. The van der Waals surface area contributed by atoms with Crippen molar-refractivity contribution in [1.82, 2.24) is 19.8 Å². The molecule has 0 radical (unpaired) electrons. The van der Waals surface area contributed by atoms with Gasteiger partial charge >= 0.3 is 0 Å². The zero-order chi connectivity index (χ0) is 11.0. The van der Waals surface area contributed by atoms with Gasteiger partial charge in [0.1, 0.15) is 5.69 Å². The Hall–Kier alpha value is -1.72. The van der Waals surface area contributed by atoms with Crippen molar-refractivity contribution >= 4 is 11.3 Å².